The molecule has 21 heavy (non-hydrogen) atoms. The van der Waals surface area contributed by atoms with E-state index in [0.29, 0.717) is 17.0 Å². The van der Waals surface area contributed by atoms with Crippen LogP contribution in [0.3, 0.4) is 0 Å². The van der Waals surface area contributed by atoms with Crippen molar-refractivity contribution in [1.82, 2.24) is 9.97 Å². The first-order chi connectivity index (χ1) is 10.2. The standard InChI is InChI=1S/C13H13N5O3/c14-12(18-20)7-21-11-3-1-10(2-4-11)17-13(19)9-5-15-8-16-6-9/h1-6,8,20H,7H2,(H2,14,18)(H,17,19). The Labute approximate surface area is 120 Å². The fraction of sp³-hybridized carbons (Fsp3) is 0.0769. The zero-order valence-corrected chi connectivity index (χ0v) is 10.9. The molecule has 8 heteroatoms. The molecular formula is C13H13N5O3. The third-order valence-electron chi connectivity index (χ3n) is 2.45. The number of benzene rings is 1. The molecule has 8 nitrogen and oxygen atoms in total. The number of nitrogens with zero attached hydrogens (tertiary/aromatic N) is 3. The van der Waals surface area contributed by atoms with Crippen molar-refractivity contribution in [1.29, 1.82) is 0 Å². The van der Waals surface area contributed by atoms with Crippen LogP contribution in [0.25, 0.3) is 0 Å². The fourth-order valence-electron chi connectivity index (χ4n) is 1.44. The van der Waals surface area contributed by atoms with Gasteiger partial charge in [-0.3, -0.25) is 4.79 Å². The smallest absolute Gasteiger partial charge is 0.258 e. The molecule has 0 saturated heterocycles. The molecule has 0 bridgehead atoms. The molecule has 0 unspecified atom stereocenters. The van der Waals surface area contributed by atoms with Crippen molar-refractivity contribution in [2.75, 3.05) is 11.9 Å². The van der Waals surface area contributed by atoms with Gasteiger partial charge in [0.2, 0.25) is 0 Å². The molecule has 0 atom stereocenters. The van der Waals surface area contributed by atoms with E-state index in [2.05, 4.69) is 20.4 Å². The van der Waals surface area contributed by atoms with E-state index in [1.54, 1.807) is 24.3 Å². The molecule has 1 heterocycles. The first-order valence-corrected chi connectivity index (χ1v) is 5.94. The van der Waals surface area contributed by atoms with Gasteiger partial charge in [0.25, 0.3) is 5.91 Å². The Morgan fingerprint density at radius 1 is 1.29 bits per heavy atom. The summed E-state index contributed by atoms with van der Waals surface area (Å²) in [6.07, 6.45) is 4.21. The van der Waals surface area contributed by atoms with Crippen molar-refractivity contribution < 1.29 is 14.7 Å². The number of nitrogens with one attached hydrogen (secondary N) is 1. The molecule has 0 fully saturated rings. The molecule has 4 N–H and O–H groups in total. The minimum Gasteiger partial charge on any atom is -0.486 e. The van der Waals surface area contributed by atoms with Crippen molar-refractivity contribution in [2.24, 2.45) is 10.9 Å². The monoisotopic (exact) mass is 287 g/mol. The second-order valence-corrected chi connectivity index (χ2v) is 3.99. The summed E-state index contributed by atoms with van der Waals surface area (Å²) in [6, 6.07) is 6.65. The van der Waals surface area contributed by atoms with E-state index in [4.69, 9.17) is 15.7 Å². The fourth-order valence-corrected chi connectivity index (χ4v) is 1.44. The maximum Gasteiger partial charge on any atom is 0.258 e. The van der Waals surface area contributed by atoms with Crippen molar-refractivity contribution in [3.63, 3.8) is 0 Å². The summed E-state index contributed by atoms with van der Waals surface area (Å²) < 4.78 is 5.25. The molecule has 0 aliphatic carbocycles. The van der Waals surface area contributed by atoms with Crippen LogP contribution in [0.15, 0.2) is 48.1 Å². The van der Waals surface area contributed by atoms with Gasteiger partial charge in [-0.25, -0.2) is 9.97 Å². The van der Waals surface area contributed by atoms with Gasteiger partial charge in [-0.15, -0.1) is 0 Å². The van der Waals surface area contributed by atoms with Crippen LogP contribution in [-0.4, -0.2) is 33.5 Å². The van der Waals surface area contributed by atoms with Crippen LogP contribution in [0.1, 0.15) is 10.4 Å². The van der Waals surface area contributed by atoms with E-state index in [9.17, 15) is 4.79 Å². The average molecular weight is 287 g/mol. The van der Waals surface area contributed by atoms with E-state index in [1.807, 2.05) is 0 Å². The number of amidine groups is 1. The third kappa shape index (κ3) is 4.16. The Morgan fingerprint density at radius 3 is 2.57 bits per heavy atom. The predicted molar refractivity (Wildman–Crippen MR) is 75.3 cm³/mol. The lowest BCUT2D eigenvalue weighted by atomic mass is 10.2. The molecule has 1 aromatic heterocycles. The highest BCUT2D eigenvalue weighted by atomic mass is 16.5. The molecule has 0 aliphatic rings. The Bertz CT molecular complexity index is 628. The summed E-state index contributed by atoms with van der Waals surface area (Å²) in [7, 11) is 0. The van der Waals surface area contributed by atoms with E-state index in [-0.39, 0.29) is 18.3 Å². The molecular weight excluding hydrogens is 274 g/mol. The van der Waals surface area contributed by atoms with Crippen LogP contribution < -0.4 is 15.8 Å². The van der Waals surface area contributed by atoms with Gasteiger partial charge in [0.15, 0.2) is 5.84 Å². The maximum absolute atomic E-state index is 11.9. The number of rotatable bonds is 5. The van der Waals surface area contributed by atoms with Gasteiger partial charge in [0, 0.05) is 18.1 Å². The summed E-state index contributed by atoms with van der Waals surface area (Å²) in [6.45, 7) is -0.0242. The Kier molecular flexibility index (Phi) is 4.65. The molecule has 0 spiro atoms. The van der Waals surface area contributed by atoms with E-state index >= 15 is 0 Å². The van der Waals surface area contributed by atoms with Gasteiger partial charge in [-0.1, -0.05) is 5.16 Å². The third-order valence-corrected chi connectivity index (χ3v) is 2.45. The summed E-state index contributed by atoms with van der Waals surface area (Å²) in [5, 5.41) is 13.9. The Balaban J connectivity index is 1.95. The van der Waals surface area contributed by atoms with Crippen LogP contribution >= 0.6 is 0 Å². The molecule has 0 radical (unpaired) electrons. The number of carbonyl (C=O) groups is 1. The van der Waals surface area contributed by atoms with Crippen molar-refractivity contribution in [3.05, 3.63) is 48.5 Å². The van der Waals surface area contributed by atoms with Crippen LogP contribution in [0.2, 0.25) is 0 Å². The summed E-state index contributed by atoms with van der Waals surface area (Å²) >= 11 is 0. The first-order valence-electron chi connectivity index (χ1n) is 5.94. The van der Waals surface area contributed by atoms with E-state index < -0.39 is 0 Å². The lowest BCUT2D eigenvalue weighted by Gasteiger charge is -2.07. The number of amides is 1. The highest BCUT2D eigenvalue weighted by Crippen LogP contribution is 2.16. The van der Waals surface area contributed by atoms with Gasteiger partial charge in [0.1, 0.15) is 18.7 Å². The number of nitrogens with two attached hydrogens (primary N) is 1. The molecule has 0 saturated carbocycles. The lowest BCUT2D eigenvalue weighted by Crippen LogP contribution is -2.20. The van der Waals surface area contributed by atoms with Crippen molar-refractivity contribution in [2.45, 2.75) is 0 Å². The second-order valence-electron chi connectivity index (χ2n) is 3.99. The molecule has 108 valence electrons. The van der Waals surface area contributed by atoms with Crippen LogP contribution in [-0.2, 0) is 0 Å². The van der Waals surface area contributed by atoms with E-state index in [0.717, 1.165) is 0 Å². The number of anilines is 1. The van der Waals surface area contributed by atoms with Gasteiger partial charge in [0.05, 0.1) is 5.56 Å². The highest BCUT2D eigenvalue weighted by molar-refractivity contribution is 6.03. The quantitative estimate of drug-likeness (QED) is 0.324. The van der Waals surface area contributed by atoms with Crippen LogP contribution in [0.5, 0.6) is 5.75 Å². The normalized spacial score (nSPS) is 11.0. The number of carbonyl (C=O) groups excluding carboxylic acids is 1. The van der Waals surface area contributed by atoms with Gasteiger partial charge < -0.3 is 21.0 Å². The molecule has 2 rings (SSSR count). The van der Waals surface area contributed by atoms with Crippen LogP contribution in [0.4, 0.5) is 5.69 Å². The lowest BCUT2D eigenvalue weighted by molar-refractivity contribution is 0.102. The van der Waals surface area contributed by atoms with Crippen molar-refractivity contribution >= 4 is 17.4 Å². The molecule has 1 amide bonds. The molecule has 0 aliphatic heterocycles. The maximum atomic E-state index is 11.9. The largest absolute Gasteiger partial charge is 0.486 e. The highest BCUT2D eigenvalue weighted by Gasteiger charge is 2.06. The Morgan fingerprint density at radius 2 is 1.95 bits per heavy atom. The van der Waals surface area contributed by atoms with Gasteiger partial charge in [-0.05, 0) is 24.3 Å². The molecule has 1 aromatic carbocycles. The number of aromatic nitrogens is 2. The SMILES string of the molecule is N/C(COc1ccc(NC(=O)c2cncnc2)cc1)=N/O. The second kappa shape index (κ2) is 6.85. The predicted octanol–water partition coefficient (Wildman–Crippen LogP) is 0.854. The zero-order valence-electron chi connectivity index (χ0n) is 10.9. The summed E-state index contributed by atoms with van der Waals surface area (Å²) in [5.41, 5.74) is 6.25. The van der Waals surface area contributed by atoms with E-state index in [1.165, 1.54) is 18.7 Å². The number of hydrogen-bond acceptors (Lipinski definition) is 6. The van der Waals surface area contributed by atoms with Crippen molar-refractivity contribution in [3.8, 4) is 5.75 Å². The first kappa shape index (κ1) is 14.3. The summed E-state index contributed by atoms with van der Waals surface area (Å²) in [4.78, 5) is 19.4. The van der Waals surface area contributed by atoms with Gasteiger partial charge >= 0.3 is 0 Å². The molecule has 2 aromatic rings. The topological polar surface area (TPSA) is 123 Å². The number of oxime groups is 1. The number of hydrogen-bond donors (Lipinski definition) is 3. The Hall–Kier alpha value is -3.16. The minimum absolute atomic E-state index is 0.0242. The van der Waals surface area contributed by atoms with Gasteiger partial charge in [-0.2, -0.15) is 0 Å². The number of ether oxygens (including phenoxy) is 1. The van der Waals surface area contributed by atoms with Crippen LogP contribution in [0, 0.1) is 0 Å². The summed E-state index contributed by atoms with van der Waals surface area (Å²) in [5.74, 6) is 0.194. The zero-order chi connectivity index (χ0) is 15.1. The average Bonchev–Trinajstić information content (AvgIpc) is 2.54. The minimum atomic E-state index is -0.305.